The first-order chi connectivity index (χ1) is 11.7. The van der Waals surface area contributed by atoms with Crippen LogP contribution in [0.3, 0.4) is 0 Å². The predicted molar refractivity (Wildman–Crippen MR) is 91.0 cm³/mol. The van der Waals surface area contributed by atoms with Crippen molar-refractivity contribution in [3.05, 3.63) is 40.4 Å². The number of aromatic nitrogens is 2. The van der Waals surface area contributed by atoms with E-state index in [2.05, 4.69) is 30.8 Å². The second kappa shape index (κ2) is 6.47. The number of nitrogens with one attached hydrogen (secondary N) is 1. The van der Waals surface area contributed by atoms with Crippen LogP contribution < -0.4 is 14.8 Å². The summed E-state index contributed by atoms with van der Waals surface area (Å²) in [5, 5.41) is 3.04. The number of nitrogens with zero attached hydrogens (tertiary/aromatic N) is 2. The molecule has 0 fully saturated rings. The van der Waals surface area contributed by atoms with Gasteiger partial charge in [-0.25, -0.2) is 4.98 Å². The van der Waals surface area contributed by atoms with Crippen molar-refractivity contribution in [1.29, 1.82) is 0 Å². The maximum absolute atomic E-state index is 12.5. The fourth-order valence-corrected chi connectivity index (χ4v) is 3.80. The van der Waals surface area contributed by atoms with Crippen LogP contribution in [-0.2, 0) is 24.3 Å². The summed E-state index contributed by atoms with van der Waals surface area (Å²) in [6, 6.07) is 3.89. The van der Waals surface area contributed by atoms with Gasteiger partial charge < -0.3 is 19.4 Å². The van der Waals surface area contributed by atoms with Crippen LogP contribution in [0.4, 0.5) is 0 Å². The molecule has 24 heavy (non-hydrogen) atoms. The monoisotopic (exact) mass is 391 g/mol. The molecular weight excluding hydrogens is 374 g/mol. The van der Waals surface area contributed by atoms with Gasteiger partial charge in [-0.05, 0) is 40.0 Å². The first kappa shape index (κ1) is 15.5. The lowest BCUT2D eigenvalue weighted by molar-refractivity contribution is -0.125. The van der Waals surface area contributed by atoms with E-state index in [0.29, 0.717) is 19.8 Å². The summed E-state index contributed by atoms with van der Waals surface area (Å²) in [5.41, 5.74) is 2.11. The highest BCUT2D eigenvalue weighted by Gasteiger charge is 2.25. The van der Waals surface area contributed by atoms with Crippen molar-refractivity contribution in [2.75, 3.05) is 13.2 Å². The molecule has 2 aliphatic rings. The Morgan fingerprint density at radius 3 is 3.17 bits per heavy atom. The molecule has 7 heteroatoms. The molecule has 6 nitrogen and oxygen atoms in total. The molecule has 2 aliphatic heterocycles. The summed E-state index contributed by atoms with van der Waals surface area (Å²) in [5.74, 6) is 1.56. The summed E-state index contributed by atoms with van der Waals surface area (Å²) in [6.07, 6.45) is 5.27. The van der Waals surface area contributed by atoms with Crippen LogP contribution in [0.15, 0.2) is 29.1 Å². The zero-order valence-electron chi connectivity index (χ0n) is 13.1. The van der Waals surface area contributed by atoms with E-state index in [9.17, 15) is 4.79 Å². The Hall–Kier alpha value is -2.02. The van der Waals surface area contributed by atoms with Crippen LogP contribution in [-0.4, -0.2) is 28.7 Å². The molecule has 0 radical (unpaired) electrons. The van der Waals surface area contributed by atoms with Crippen LogP contribution >= 0.6 is 15.9 Å². The number of amides is 1. The molecule has 126 valence electrons. The molecule has 2 aromatic rings. The predicted octanol–water partition coefficient (Wildman–Crippen LogP) is 2.30. The summed E-state index contributed by atoms with van der Waals surface area (Å²) in [4.78, 5) is 16.6. The fraction of sp³-hybridized carbons (Fsp3) is 0.412. The van der Waals surface area contributed by atoms with Gasteiger partial charge in [0.25, 0.3) is 0 Å². The molecule has 0 saturated heterocycles. The standard InChI is InChI=1S/C17H18BrN3O3/c18-14-5-11(6-15-16(14)24-4-3-23-15)8-20-17(22)12-1-2-21-10-19-9-13(21)7-12/h5-6,9-10,12H,1-4,7-8H2,(H,20,22). The highest BCUT2D eigenvalue weighted by atomic mass is 79.9. The van der Waals surface area contributed by atoms with Gasteiger partial charge in [-0.2, -0.15) is 0 Å². The van der Waals surface area contributed by atoms with Crippen molar-refractivity contribution in [1.82, 2.24) is 14.9 Å². The number of carbonyl (C=O) groups is 1. The van der Waals surface area contributed by atoms with E-state index in [1.807, 2.05) is 24.7 Å². The minimum absolute atomic E-state index is 0.00912. The number of benzene rings is 1. The van der Waals surface area contributed by atoms with Crippen LogP contribution in [0, 0.1) is 5.92 Å². The first-order valence-corrected chi connectivity index (χ1v) is 8.85. The largest absolute Gasteiger partial charge is 0.486 e. The van der Waals surface area contributed by atoms with Crippen molar-refractivity contribution < 1.29 is 14.3 Å². The van der Waals surface area contributed by atoms with Gasteiger partial charge in [0.1, 0.15) is 13.2 Å². The van der Waals surface area contributed by atoms with E-state index < -0.39 is 0 Å². The Bertz CT molecular complexity index is 774. The van der Waals surface area contributed by atoms with E-state index in [0.717, 1.165) is 46.6 Å². The van der Waals surface area contributed by atoms with Crippen LogP contribution in [0.5, 0.6) is 11.5 Å². The Labute approximate surface area is 148 Å². The number of rotatable bonds is 3. The van der Waals surface area contributed by atoms with Gasteiger partial charge in [0.15, 0.2) is 11.5 Å². The molecule has 0 aliphatic carbocycles. The average Bonchev–Trinajstić information content (AvgIpc) is 3.07. The van der Waals surface area contributed by atoms with Crippen molar-refractivity contribution in [2.24, 2.45) is 5.92 Å². The third kappa shape index (κ3) is 3.00. The minimum atomic E-state index is 0.00912. The maximum Gasteiger partial charge on any atom is 0.223 e. The lowest BCUT2D eigenvalue weighted by Gasteiger charge is -2.23. The van der Waals surface area contributed by atoms with Crippen LogP contribution in [0.1, 0.15) is 17.7 Å². The number of carbonyl (C=O) groups excluding carboxylic acids is 1. The molecule has 0 spiro atoms. The van der Waals surface area contributed by atoms with Crippen molar-refractivity contribution >= 4 is 21.8 Å². The van der Waals surface area contributed by atoms with Gasteiger partial charge in [-0.1, -0.05) is 0 Å². The van der Waals surface area contributed by atoms with Crippen LogP contribution in [0.25, 0.3) is 0 Å². The summed E-state index contributed by atoms with van der Waals surface area (Å²) in [7, 11) is 0. The summed E-state index contributed by atoms with van der Waals surface area (Å²) in [6.45, 7) is 2.43. The van der Waals surface area contributed by atoms with E-state index in [-0.39, 0.29) is 11.8 Å². The van der Waals surface area contributed by atoms with Gasteiger partial charge >= 0.3 is 0 Å². The molecule has 3 heterocycles. The van der Waals surface area contributed by atoms with E-state index in [4.69, 9.17) is 9.47 Å². The van der Waals surface area contributed by atoms with Crippen molar-refractivity contribution in [3.63, 3.8) is 0 Å². The SMILES string of the molecule is O=C(NCc1cc(Br)c2c(c1)OCCO2)C1CCn2cncc2C1. The van der Waals surface area contributed by atoms with E-state index >= 15 is 0 Å². The molecule has 1 amide bonds. The molecule has 0 bridgehead atoms. The molecular formula is C17H18BrN3O3. The van der Waals surface area contributed by atoms with Crippen molar-refractivity contribution in [3.8, 4) is 11.5 Å². The Kier molecular flexibility index (Phi) is 4.18. The number of fused-ring (bicyclic) bond motifs is 2. The van der Waals surface area contributed by atoms with Gasteiger partial charge in [0.2, 0.25) is 5.91 Å². The molecule has 4 rings (SSSR count). The lowest BCUT2D eigenvalue weighted by atomic mass is 9.95. The molecule has 1 N–H and O–H groups in total. The number of imidazole rings is 1. The van der Waals surface area contributed by atoms with Gasteiger partial charge in [-0.15, -0.1) is 0 Å². The van der Waals surface area contributed by atoms with Crippen LogP contribution in [0.2, 0.25) is 0 Å². The molecule has 0 saturated carbocycles. The second-order valence-electron chi connectivity index (χ2n) is 6.09. The number of ether oxygens (including phenoxy) is 2. The average molecular weight is 392 g/mol. The summed E-state index contributed by atoms with van der Waals surface area (Å²) >= 11 is 3.50. The highest BCUT2D eigenvalue weighted by Crippen LogP contribution is 2.38. The van der Waals surface area contributed by atoms with E-state index in [1.54, 1.807) is 0 Å². The maximum atomic E-state index is 12.5. The topological polar surface area (TPSA) is 65.4 Å². The molecule has 1 aromatic heterocycles. The quantitative estimate of drug-likeness (QED) is 0.871. The first-order valence-electron chi connectivity index (χ1n) is 8.05. The third-order valence-electron chi connectivity index (χ3n) is 4.47. The normalized spacial score (nSPS) is 18.8. The number of hydrogen-bond acceptors (Lipinski definition) is 4. The number of aryl methyl sites for hydroxylation is 1. The Balaban J connectivity index is 1.40. The minimum Gasteiger partial charge on any atom is -0.486 e. The lowest BCUT2D eigenvalue weighted by Crippen LogP contribution is -2.34. The Morgan fingerprint density at radius 2 is 2.25 bits per heavy atom. The smallest absolute Gasteiger partial charge is 0.223 e. The Morgan fingerprint density at radius 1 is 1.38 bits per heavy atom. The van der Waals surface area contributed by atoms with Crippen molar-refractivity contribution in [2.45, 2.75) is 25.9 Å². The highest BCUT2D eigenvalue weighted by molar-refractivity contribution is 9.10. The zero-order valence-corrected chi connectivity index (χ0v) is 14.7. The van der Waals surface area contributed by atoms with Gasteiger partial charge in [0.05, 0.1) is 10.8 Å². The molecule has 1 atom stereocenters. The van der Waals surface area contributed by atoms with Gasteiger partial charge in [0, 0.05) is 37.3 Å². The van der Waals surface area contributed by atoms with E-state index in [1.165, 1.54) is 0 Å². The number of hydrogen-bond donors (Lipinski definition) is 1. The van der Waals surface area contributed by atoms with Gasteiger partial charge in [-0.3, -0.25) is 4.79 Å². The summed E-state index contributed by atoms with van der Waals surface area (Å²) < 4.78 is 14.2. The second-order valence-corrected chi connectivity index (χ2v) is 6.94. The fourth-order valence-electron chi connectivity index (χ4n) is 3.19. The molecule has 1 unspecified atom stereocenters. The zero-order chi connectivity index (χ0) is 16.5. The number of halogens is 1. The third-order valence-corrected chi connectivity index (χ3v) is 5.06. The molecule has 1 aromatic carbocycles.